The second-order valence-corrected chi connectivity index (χ2v) is 6.39. The van der Waals surface area contributed by atoms with Crippen molar-refractivity contribution in [1.29, 1.82) is 0 Å². The first-order valence-corrected chi connectivity index (χ1v) is 7.30. The summed E-state index contributed by atoms with van der Waals surface area (Å²) in [5.41, 5.74) is -1.34. The van der Waals surface area contributed by atoms with E-state index in [1.165, 1.54) is 0 Å². The van der Waals surface area contributed by atoms with Crippen LogP contribution in [0.1, 0.15) is 37.2 Å². The van der Waals surface area contributed by atoms with Gasteiger partial charge in [-0.2, -0.15) is 0 Å². The average molecular weight is 290 g/mol. The number of hydrogen-bond donors (Lipinski definition) is 4. The molecule has 0 radical (unpaired) electrons. The molecule has 1 heterocycles. The van der Waals surface area contributed by atoms with Crippen LogP contribution in [0, 0.1) is 0 Å². The first-order valence-electron chi connectivity index (χ1n) is 5.82. The van der Waals surface area contributed by atoms with E-state index in [4.69, 9.17) is 5.11 Å². The normalized spacial score (nSPS) is 15.1. The van der Waals surface area contributed by atoms with Crippen molar-refractivity contribution in [2.75, 3.05) is 6.54 Å². The summed E-state index contributed by atoms with van der Waals surface area (Å²) in [6.45, 7) is 3.30. The van der Waals surface area contributed by atoms with E-state index in [0.29, 0.717) is 6.42 Å². The third-order valence-electron chi connectivity index (χ3n) is 2.63. The third-order valence-corrected chi connectivity index (χ3v) is 4.01. The highest BCUT2D eigenvalue weighted by Crippen LogP contribution is 2.14. The van der Waals surface area contributed by atoms with Crippen molar-refractivity contribution in [3.63, 3.8) is 0 Å². The first kappa shape index (κ1) is 15.7. The number of sulfonamides is 1. The second kappa shape index (κ2) is 5.72. The van der Waals surface area contributed by atoms with Crippen molar-refractivity contribution < 1.29 is 23.4 Å². The highest BCUT2D eigenvalue weighted by atomic mass is 32.2. The van der Waals surface area contributed by atoms with E-state index in [1.807, 2.05) is 6.92 Å². The van der Waals surface area contributed by atoms with Gasteiger partial charge in [-0.1, -0.05) is 13.3 Å². The molecular formula is C11H18N2O5S. The molecule has 108 valence electrons. The summed E-state index contributed by atoms with van der Waals surface area (Å²) in [6.07, 6.45) is 2.28. The molecule has 1 atom stereocenters. The number of nitrogens with one attached hydrogen (secondary N) is 2. The van der Waals surface area contributed by atoms with Crippen LogP contribution in [0.25, 0.3) is 0 Å². The zero-order valence-corrected chi connectivity index (χ0v) is 11.6. The van der Waals surface area contributed by atoms with Crippen LogP contribution < -0.4 is 4.72 Å². The van der Waals surface area contributed by atoms with E-state index in [0.717, 1.165) is 18.7 Å². The molecule has 7 nitrogen and oxygen atoms in total. The van der Waals surface area contributed by atoms with Gasteiger partial charge in [0, 0.05) is 12.7 Å². The number of aromatic nitrogens is 1. The molecule has 1 unspecified atom stereocenters. The summed E-state index contributed by atoms with van der Waals surface area (Å²) in [5, 5.41) is 18.6. The maximum absolute atomic E-state index is 11.9. The highest BCUT2D eigenvalue weighted by Gasteiger charge is 2.24. The lowest BCUT2D eigenvalue weighted by Crippen LogP contribution is -2.40. The molecule has 0 bridgehead atoms. The SMILES string of the molecule is CCCC(C)(O)CNS(=O)(=O)c1c[nH]c(C(=O)O)c1. The second-order valence-electron chi connectivity index (χ2n) is 4.63. The Hall–Kier alpha value is -1.38. The summed E-state index contributed by atoms with van der Waals surface area (Å²) >= 11 is 0. The molecule has 0 spiro atoms. The predicted molar refractivity (Wildman–Crippen MR) is 68.5 cm³/mol. The Bertz CT molecular complexity index is 547. The van der Waals surface area contributed by atoms with Gasteiger partial charge in [-0.25, -0.2) is 17.9 Å². The van der Waals surface area contributed by atoms with Crippen LogP contribution in [0.15, 0.2) is 17.2 Å². The maximum Gasteiger partial charge on any atom is 0.352 e. The van der Waals surface area contributed by atoms with Gasteiger partial charge in [0.1, 0.15) is 10.6 Å². The lowest BCUT2D eigenvalue weighted by atomic mass is 10.0. The fourth-order valence-electron chi connectivity index (χ4n) is 1.61. The minimum Gasteiger partial charge on any atom is -0.477 e. The lowest BCUT2D eigenvalue weighted by molar-refractivity contribution is 0.0554. The molecule has 0 saturated carbocycles. The predicted octanol–water partition coefficient (Wildman–Crippen LogP) is 0.542. The average Bonchev–Trinajstić information content (AvgIpc) is 2.77. The number of aromatic amines is 1. The molecule has 0 aliphatic rings. The van der Waals surface area contributed by atoms with E-state index in [-0.39, 0.29) is 17.1 Å². The van der Waals surface area contributed by atoms with Crippen molar-refractivity contribution in [2.24, 2.45) is 0 Å². The summed E-state index contributed by atoms with van der Waals surface area (Å²) < 4.78 is 26.0. The van der Waals surface area contributed by atoms with Crippen LogP contribution in [-0.2, 0) is 10.0 Å². The summed E-state index contributed by atoms with van der Waals surface area (Å²) in [6, 6.07) is 1.03. The molecular weight excluding hydrogens is 272 g/mol. The number of carboxylic acids is 1. The van der Waals surface area contributed by atoms with Gasteiger partial charge < -0.3 is 15.2 Å². The summed E-state index contributed by atoms with van der Waals surface area (Å²) in [4.78, 5) is 12.8. The molecule has 19 heavy (non-hydrogen) atoms. The van der Waals surface area contributed by atoms with Crippen LogP contribution in [0.3, 0.4) is 0 Å². The number of H-pyrrole nitrogens is 1. The summed E-state index contributed by atoms with van der Waals surface area (Å²) in [5.74, 6) is -1.24. The molecule has 8 heteroatoms. The van der Waals surface area contributed by atoms with Crippen molar-refractivity contribution in [1.82, 2.24) is 9.71 Å². The Morgan fingerprint density at radius 2 is 2.16 bits per heavy atom. The molecule has 1 rings (SSSR count). The van der Waals surface area contributed by atoms with Crippen LogP contribution in [0.4, 0.5) is 0 Å². The molecule has 0 saturated heterocycles. The van der Waals surface area contributed by atoms with Gasteiger partial charge in [0.2, 0.25) is 10.0 Å². The number of aliphatic hydroxyl groups is 1. The fraction of sp³-hybridized carbons (Fsp3) is 0.545. The van der Waals surface area contributed by atoms with E-state index >= 15 is 0 Å². The van der Waals surface area contributed by atoms with Gasteiger partial charge in [-0.15, -0.1) is 0 Å². The number of aromatic carboxylic acids is 1. The summed E-state index contributed by atoms with van der Waals surface area (Å²) in [7, 11) is -3.83. The molecule has 0 fully saturated rings. The van der Waals surface area contributed by atoms with Crippen LogP contribution in [0.5, 0.6) is 0 Å². The van der Waals surface area contributed by atoms with Crippen molar-refractivity contribution in [2.45, 2.75) is 37.2 Å². The first-order chi connectivity index (χ1) is 8.68. The van der Waals surface area contributed by atoms with Gasteiger partial charge >= 0.3 is 5.97 Å². The van der Waals surface area contributed by atoms with Crippen LogP contribution >= 0.6 is 0 Å². The zero-order valence-electron chi connectivity index (χ0n) is 10.8. The number of hydrogen-bond acceptors (Lipinski definition) is 4. The smallest absolute Gasteiger partial charge is 0.352 e. The number of carboxylic acid groups (broad SMARTS) is 1. The molecule has 0 aliphatic carbocycles. The van der Waals surface area contributed by atoms with Gasteiger partial charge in [0.05, 0.1) is 5.60 Å². The highest BCUT2D eigenvalue weighted by molar-refractivity contribution is 7.89. The molecule has 1 aromatic rings. The Morgan fingerprint density at radius 3 is 2.63 bits per heavy atom. The monoisotopic (exact) mass is 290 g/mol. The number of carbonyl (C=O) groups is 1. The van der Waals surface area contributed by atoms with E-state index in [9.17, 15) is 18.3 Å². The van der Waals surface area contributed by atoms with Crippen molar-refractivity contribution >= 4 is 16.0 Å². The Labute approximate surface area is 111 Å². The van der Waals surface area contributed by atoms with Crippen LogP contribution in [-0.4, -0.2) is 41.7 Å². The standard InChI is InChI=1S/C11H18N2O5S/c1-3-4-11(2,16)7-13-19(17,18)8-5-9(10(14)15)12-6-8/h5-6,12-13,16H,3-4,7H2,1-2H3,(H,14,15). The Kier molecular flexibility index (Phi) is 4.72. The van der Waals surface area contributed by atoms with E-state index in [2.05, 4.69) is 9.71 Å². The largest absolute Gasteiger partial charge is 0.477 e. The molecule has 0 aromatic carbocycles. The molecule has 4 N–H and O–H groups in total. The minimum absolute atomic E-state index is 0.128. The van der Waals surface area contributed by atoms with E-state index in [1.54, 1.807) is 6.92 Å². The van der Waals surface area contributed by atoms with Crippen molar-refractivity contribution in [3.8, 4) is 0 Å². The quantitative estimate of drug-likeness (QED) is 0.584. The minimum atomic E-state index is -3.83. The van der Waals surface area contributed by atoms with Crippen molar-refractivity contribution in [3.05, 3.63) is 18.0 Å². The van der Waals surface area contributed by atoms with Crippen LogP contribution in [0.2, 0.25) is 0 Å². The van der Waals surface area contributed by atoms with Gasteiger partial charge in [-0.05, 0) is 19.4 Å². The van der Waals surface area contributed by atoms with Gasteiger partial charge in [0.15, 0.2) is 0 Å². The Morgan fingerprint density at radius 1 is 1.53 bits per heavy atom. The fourth-order valence-corrected chi connectivity index (χ4v) is 2.77. The topological polar surface area (TPSA) is 119 Å². The lowest BCUT2D eigenvalue weighted by Gasteiger charge is -2.22. The zero-order chi connectivity index (χ0) is 14.7. The molecule has 1 aromatic heterocycles. The maximum atomic E-state index is 11.9. The molecule has 0 aliphatic heterocycles. The third kappa shape index (κ3) is 4.34. The van der Waals surface area contributed by atoms with Gasteiger partial charge in [-0.3, -0.25) is 0 Å². The molecule has 0 amide bonds. The van der Waals surface area contributed by atoms with E-state index < -0.39 is 21.6 Å². The Balaban J connectivity index is 2.78. The van der Waals surface area contributed by atoms with Gasteiger partial charge in [0.25, 0.3) is 0 Å². The number of rotatable bonds is 7.